The molecule has 2 fully saturated rings. The number of carbonyl (C=O) groups excluding carboxylic acids is 2. The molecule has 1 saturated heterocycles. The molecule has 1 aliphatic heterocycles. The van der Waals surface area contributed by atoms with Crippen LogP contribution >= 0.6 is 0 Å². The van der Waals surface area contributed by atoms with Gasteiger partial charge >= 0.3 is 0 Å². The maximum absolute atomic E-state index is 12.6. The number of aliphatic hydroxyl groups is 1. The van der Waals surface area contributed by atoms with E-state index in [-0.39, 0.29) is 24.3 Å². The molecule has 0 spiro atoms. The summed E-state index contributed by atoms with van der Waals surface area (Å²) >= 11 is 0. The smallest absolute Gasteiger partial charge is 0.227 e. The first-order valence-electron chi connectivity index (χ1n) is 7.30. The van der Waals surface area contributed by atoms with Gasteiger partial charge in [-0.1, -0.05) is 0 Å². The Kier molecular flexibility index (Phi) is 4.80. The van der Waals surface area contributed by atoms with Crippen LogP contribution in [0, 0.1) is 5.92 Å². The van der Waals surface area contributed by atoms with Crippen molar-refractivity contribution in [1.29, 1.82) is 0 Å². The van der Waals surface area contributed by atoms with Crippen molar-refractivity contribution >= 4 is 11.8 Å². The van der Waals surface area contributed by atoms with Crippen molar-refractivity contribution in [3.05, 3.63) is 0 Å². The SMILES string of the molecule is CC(=O)N1CCCC(C(=O)N(CCO)C2CCC2)C1. The third-order valence-electron chi connectivity index (χ3n) is 4.36. The number of nitrogens with zero attached hydrogens (tertiary/aromatic N) is 2. The molecular weight excluding hydrogens is 244 g/mol. The molecule has 1 aliphatic carbocycles. The van der Waals surface area contributed by atoms with Crippen molar-refractivity contribution in [2.45, 2.75) is 45.1 Å². The van der Waals surface area contributed by atoms with E-state index in [0.717, 1.165) is 32.2 Å². The predicted molar refractivity (Wildman–Crippen MR) is 71.4 cm³/mol. The summed E-state index contributed by atoms with van der Waals surface area (Å²) < 4.78 is 0. The molecule has 1 N–H and O–H groups in total. The van der Waals surface area contributed by atoms with E-state index >= 15 is 0 Å². The Hall–Kier alpha value is -1.10. The Labute approximate surface area is 114 Å². The minimum Gasteiger partial charge on any atom is -0.395 e. The normalized spacial score (nSPS) is 23.9. The van der Waals surface area contributed by atoms with E-state index in [1.165, 1.54) is 6.42 Å². The van der Waals surface area contributed by atoms with E-state index in [0.29, 0.717) is 19.1 Å². The largest absolute Gasteiger partial charge is 0.395 e. The van der Waals surface area contributed by atoms with Crippen LogP contribution in [0.25, 0.3) is 0 Å². The number of hydrogen-bond acceptors (Lipinski definition) is 3. The Bertz CT molecular complexity index is 342. The van der Waals surface area contributed by atoms with Crippen LogP contribution in [-0.2, 0) is 9.59 Å². The fourth-order valence-electron chi connectivity index (χ4n) is 2.98. The van der Waals surface area contributed by atoms with Gasteiger partial charge in [0.25, 0.3) is 0 Å². The standard InChI is InChI=1S/C14H24N2O3/c1-11(18)15-7-3-4-12(10-15)14(19)16(8-9-17)13-5-2-6-13/h12-13,17H,2-10H2,1H3. The van der Waals surface area contributed by atoms with Crippen LogP contribution in [0.2, 0.25) is 0 Å². The highest BCUT2D eigenvalue weighted by Gasteiger charge is 2.34. The molecule has 0 bridgehead atoms. The quantitative estimate of drug-likeness (QED) is 0.813. The molecule has 0 aromatic carbocycles. The van der Waals surface area contributed by atoms with Gasteiger partial charge in [-0.15, -0.1) is 0 Å². The van der Waals surface area contributed by atoms with E-state index in [9.17, 15) is 9.59 Å². The zero-order valence-corrected chi connectivity index (χ0v) is 11.7. The van der Waals surface area contributed by atoms with Crippen LogP contribution < -0.4 is 0 Å². The lowest BCUT2D eigenvalue weighted by Gasteiger charge is -2.41. The highest BCUT2D eigenvalue weighted by atomic mass is 16.3. The highest BCUT2D eigenvalue weighted by Crippen LogP contribution is 2.28. The van der Waals surface area contributed by atoms with Crippen molar-refractivity contribution in [2.75, 3.05) is 26.2 Å². The Morgan fingerprint density at radius 3 is 2.53 bits per heavy atom. The number of carbonyl (C=O) groups is 2. The van der Waals surface area contributed by atoms with Crippen molar-refractivity contribution in [1.82, 2.24) is 9.80 Å². The van der Waals surface area contributed by atoms with Gasteiger partial charge in [-0.05, 0) is 32.1 Å². The lowest BCUT2D eigenvalue weighted by Crippen LogP contribution is -2.51. The number of rotatable bonds is 4. The van der Waals surface area contributed by atoms with Crippen molar-refractivity contribution < 1.29 is 14.7 Å². The molecule has 2 rings (SSSR count). The fourth-order valence-corrected chi connectivity index (χ4v) is 2.98. The molecule has 1 unspecified atom stereocenters. The van der Waals surface area contributed by atoms with E-state index in [1.807, 2.05) is 4.90 Å². The molecule has 19 heavy (non-hydrogen) atoms. The molecule has 1 atom stereocenters. The maximum atomic E-state index is 12.6. The minimum atomic E-state index is -0.0789. The first-order chi connectivity index (χ1) is 9.13. The van der Waals surface area contributed by atoms with Gasteiger partial charge in [0.2, 0.25) is 11.8 Å². The average molecular weight is 268 g/mol. The average Bonchev–Trinajstić information content (AvgIpc) is 2.35. The molecule has 5 nitrogen and oxygen atoms in total. The van der Waals surface area contributed by atoms with E-state index in [4.69, 9.17) is 5.11 Å². The molecule has 108 valence electrons. The third kappa shape index (κ3) is 3.26. The van der Waals surface area contributed by atoms with Crippen molar-refractivity contribution in [3.8, 4) is 0 Å². The van der Waals surface area contributed by atoms with Gasteiger partial charge in [0.05, 0.1) is 12.5 Å². The molecule has 2 aliphatic rings. The van der Waals surface area contributed by atoms with E-state index in [2.05, 4.69) is 0 Å². The summed E-state index contributed by atoms with van der Waals surface area (Å²) in [5.41, 5.74) is 0. The summed E-state index contributed by atoms with van der Waals surface area (Å²) in [5, 5.41) is 9.13. The van der Waals surface area contributed by atoms with E-state index < -0.39 is 0 Å². The first-order valence-corrected chi connectivity index (χ1v) is 7.30. The van der Waals surface area contributed by atoms with Gasteiger partial charge in [0.1, 0.15) is 0 Å². The first kappa shape index (κ1) is 14.3. The highest BCUT2D eigenvalue weighted by molar-refractivity contribution is 5.81. The topological polar surface area (TPSA) is 60.9 Å². The second-order valence-electron chi connectivity index (χ2n) is 5.64. The van der Waals surface area contributed by atoms with Gasteiger partial charge in [0.15, 0.2) is 0 Å². The van der Waals surface area contributed by atoms with Crippen LogP contribution in [0.1, 0.15) is 39.0 Å². The van der Waals surface area contributed by atoms with Gasteiger partial charge < -0.3 is 14.9 Å². The molecule has 0 aromatic rings. The van der Waals surface area contributed by atoms with Crippen molar-refractivity contribution in [2.24, 2.45) is 5.92 Å². The van der Waals surface area contributed by atoms with Gasteiger partial charge in [-0.3, -0.25) is 9.59 Å². The second-order valence-corrected chi connectivity index (χ2v) is 5.64. The number of likely N-dealkylation sites (tertiary alicyclic amines) is 1. The summed E-state index contributed by atoms with van der Waals surface area (Å²) in [5.74, 6) is 0.101. The molecule has 5 heteroatoms. The zero-order chi connectivity index (χ0) is 13.8. The Morgan fingerprint density at radius 2 is 2.00 bits per heavy atom. The van der Waals surface area contributed by atoms with Crippen LogP contribution in [0.4, 0.5) is 0 Å². The molecule has 0 radical (unpaired) electrons. The summed E-state index contributed by atoms with van der Waals surface area (Å²) in [4.78, 5) is 27.6. The van der Waals surface area contributed by atoms with Gasteiger partial charge in [0, 0.05) is 32.6 Å². The number of piperidine rings is 1. The molecule has 0 aromatic heterocycles. The Balaban J connectivity index is 1.97. The minimum absolute atomic E-state index is 0.0192. The number of amides is 2. The van der Waals surface area contributed by atoms with Crippen LogP contribution in [0.15, 0.2) is 0 Å². The van der Waals surface area contributed by atoms with Crippen LogP contribution in [0.5, 0.6) is 0 Å². The predicted octanol–water partition coefficient (Wildman–Crippen LogP) is 0.618. The summed E-state index contributed by atoms with van der Waals surface area (Å²) in [7, 11) is 0. The molecule has 1 saturated carbocycles. The van der Waals surface area contributed by atoms with Gasteiger partial charge in [-0.2, -0.15) is 0 Å². The number of aliphatic hydroxyl groups excluding tert-OH is 1. The molecule has 1 heterocycles. The summed E-state index contributed by atoms with van der Waals surface area (Å²) in [6, 6.07) is 0.312. The fraction of sp³-hybridized carbons (Fsp3) is 0.857. The third-order valence-corrected chi connectivity index (χ3v) is 4.36. The molecule has 2 amide bonds. The van der Waals surface area contributed by atoms with Gasteiger partial charge in [-0.25, -0.2) is 0 Å². The lowest BCUT2D eigenvalue weighted by atomic mass is 9.89. The van der Waals surface area contributed by atoms with Crippen LogP contribution in [0.3, 0.4) is 0 Å². The lowest BCUT2D eigenvalue weighted by molar-refractivity contribution is -0.144. The van der Waals surface area contributed by atoms with E-state index in [1.54, 1.807) is 11.8 Å². The van der Waals surface area contributed by atoms with Crippen LogP contribution in [-0.4, -0.2) is 59.0 Å². The second kappa shape index (κ2) is 6.37. The summed E-state index contributed by atoms with van der Waals surface area (Å²) in [6.07, 6.45) is 5.03. The Morgan fingerprint density at radius 1 is 1.26 bits per heavy atom. The summed E-state index contributed by atoms with van der Waals surface area (Å²) in [6.45, 7) is 3.32. The monoisotopic (exact) mass is 268 g/mol. The number of hydrogen-bond donors (Lipinski definition) is 1. The maximum Gasteiger partial charge on any atom is 0.227 e. The zero-order valence-electron chi connectivity index (χ0n) is 11.7. The van der Waals surface area contributed by atoms with Crippen molar-refractivity contribution in [3.63, 3.8) is 0 Å². The molecular formula is C14H24N2O3.